The van der Waals surface area contributed by atoms with Crippen LogP contribution in [-0.4, -0.2) is 13.1 Å². The van der Waals surface area contributed by atoms with E-state index in [-0.39, 0.29) is 0 Å². The Balaban J connectivity index is 2.30. The van der Waals surface area contributed by atoms with Crippen molar-refractivity contribution in [1.82, 2.24) is 0 Å². The van der Waals surface area contributed by atoms with Crippen LogP contribution in [0.4, 0.5) is 5.69 Å². The third-order valence-electron chi connectivity index (χ3n) is 3.30. The minimum Gasteiger partial charge on any atom is -0.385 e. The predicted octanol–water partition coefficient (Wildman–Crippen LogP) is 3.74. The van der Waals surface area contributed by atoms with E-state index in [1.54, 1.807) is 0 Å². The van der Waals surface area contributed by atoms with Gasteiger partial charge in [-0.3, -0.25) is 0 Å². The summed E-state index contributed by atoms with van der Waals surface area (Å²) < 4.78 is 0. The zero-order chi connectivity index (χ0) is 12.5. The largest absolute Gasteiger partial charge is 0.385 e. The molecule has 1 rings (SSSR count). The van der Waals surface area contributed by atoms with Crippen LogP contribution in [0.2, 0.25) is 0 Å². The molecule has 3 N–H and O–H groups in total. The van der Waals surface area contributed by atoms with Gasteiger partial charge in [-0.1, -0.05) is 32.4 Å². The van der Waals surface area contributed by atoms with Crippen LogP contribution in [0.3, 0.4) is 0 Å². The molecule has 2 heteroatoms. The number of rotatable bonds is 8. The van der Waals surface area contributed by atoms with Crippen LogP contribution >= 0.6 is 0 Å². The van der Waals surface area contributed by atoms with Gasteiger partial charge in [-0.05, 0) is 49.4 Å². The van der Waals surface area contributed by atoms with Gasteiger partial charge >= 0.3 is 0 Å². The first-order valence-electron chi connectivity index (χ1n) is 6.81. The normalized spacial score (nSPS) is 12.4. The Hall–Kier alpha value is -1.02. The maximum absolute atomic E-state index is 5.46. The average Bonchev–Trinajstić information content (AvgIpc) is 2.38. The SMILES string of the molecule is CCC(C)c1ccc(NCCCCCN)cc1. The van der Waals surface area contributed by atoms with Crippen LogP contribution in [0, 0.1) is 0 Å². The van der Waals surface area contributed by atoms with E-state index in [1.165, 1.54) is 30.5 Å². The predicted molar refractivity (Wildman–Crippen MR) is 76.5 cm³/mol. The van der Waals surface area contributed by atoms with Crippen LogP contribution in [0.25, 0.3) is 0 Å². The third kappa shape index (κ3) is 5.22. The highest BCUT2D eigenvalue weighted by atomic mass is 14.9. The van der Waals surface area contributed by atoms with Gasteiger partial charge in [-0.25, -0.2) is 0 Å². The standard InChI is InChI=1S/C15H26N2/c1-3-13(2)14-7-9-15(10-8-14)17-12-6-4-5-11-16/h7-10,13,17H,3-6,11-12,16H2,1-2H3. The molecule has 0 amide bonds. The lowest BCUT2D eigenvalue weighted by molar-refractivity contribution is 0.707. The number of unbranched alkanes of at least 4 members (excludes halogenated alkanes) is 2. The van der Waals surface area contributed by atoms with Gasteiger partial charge in [0, 0.05) is 12.2 Å². The average molecular weight is 234 g/mol. The van der Waals surface area contributed by atoms with Crippen molar-refractivity contribution in [2.75, 3.05) is 18.4 Å². The fraction of sp³-hybridized carbons (Fsp3) is 0.600. The number of nitrogens with two attached hydrogens (primary N) is 1. The van der Waals surface area contributed by atoms with Gasteiger partial charge in [0.25, 0.3) is 0 Å². The molecule has 0 radical (unpaired) electrons. The molecule has 0 aliphatic carbocycles. The molecule has 96 valence electrons. The summed E-state index contributed by atoms with van der Waals surface area (Å²) in [7, 11) is 0. The quantitative estimate of drug-likeness (QED) is 0.672. The molecule has 1 aromatic carbocycles. The first-order chi connectivity index (χ1) is 8.27. The van der Waals surface area contributed by atoms with Crippen LogP contribution in [0.1, 0.15) is 51.0 Å². The molecule has 0 aromatic heterocycles. The summed E-state index contributed by atoms with van der Waals surface area (Å²) in [6.45, 7) is 6.36. The van der Waals surface area contributed by atoms with E-state index in [2.05, 4.69) is 43.4 Å². The maximum atomic E-state index is 5.46. The summed E-state index contributed by atoms with van der Waals surface area (Å²) in [5, 5.41) is 3.45. The van der Waals surface area contributed by atoms with Gasteiger partial charge in [0.15, 0.2) is 0 Å². The molecule has 2 nitrogen and oxygen atoms in total. The highest BCUT2D eigenvalue weighted by Crippen LogP contribution is 2.20. The monoisotopic (exact) mass is 234 g/mol. The summed E-state index contributed by atoms with van der Waals surface area (Å²) in [5.41, 5.74) is 8.12. The van der Waals surface area contributed by atoms with Gasteiger partial charge < -0.3 is 11.1 Å². The highest BCUT2D eigenvalue weighted by Gasteiger charge is 2.01. The molecule has 1 aromatic rings. The molecule has 0 saturated carbocycles. The van der Waals surface area contributed by atoms with Gasteiger partial charge in [0.2, 0.25) is 0 Å². The second-order valence-electron chi connectivity index (χ2n) is 4.71. The minimum atomic E-state index is 0.661. The molecule has 17 heavy (non-hydrogen) atoms. The van der Waals surface area contributed by atoms with Crippen molar-refractivity contribution in [3.8, 4) is 0 Å². The number of anilines is 1. The van der Waals surface area contributed by atoms with E-state index >= 15 is 0 Å². The molecule has 0 heterocycles. The van der Waals surface area contributed by atoms with Crippen LogP contribution in [-0.2, 0) is 0 Å². The lowest BCUT2D eigenvalue weighted by atomic mass is 9.99. The van der Waals surface area contributed by atoms with Crippen molar-refractivity contribution in [2.24, 2.45) is 5.73 Å². The van der Waals surface area contributed by atoms with Crippen LogP contribution < -0.4 is 11.1 Å². The Morgan fingerprint density at radius 2 is 1.82 bits per heavy atom. The van der Waals surface area contributed by atoms with Gasteiger partial charge in [-0.2, -0.15) is 0 Å². The van der Waals surface area contributed by atoms with E-state index in [1.807, 2.05) is 0 Å². The fourth-order valence-corrected chi connectivity index (χ4v) is 1.84. The van der Waals surface area contributed by atoms with E-state index in [4.69, 9.17) is 5.73 Å². The van der Waals surface area contributed by atoms with Crippen molar-refractivity contribution in [1.29, 1.82) is 0 Å². The van der Waals surface area contributed by atoms with Crippen LogP contribution in [0.5, 0.6) is 0 Å². The van der Waals surface area contributed by atoms with Crippen molar-refractivity contribution >= 4 is 5.69 Å². The van der Waals surface area contributed by atoms with Crippen molar-refractivity contribution < 1.29 is 0 Å². The summed E-state index contributed by atoms with van der Waals surface area (Å²) in [6, 6.07) is 8.83. The maximum Gasteiger partial charge on any atom is 0.0340 e. The Kier molecular flexibility index (Phi) is 6.71. The van der Waals surface area contributed by atoms with E-state index in [0.717, 1.165) is 19.5 Å². The molecular weight excluding hydrogens is 208 g/mol. The van der Waals surface area contributed by atoms with Crippen LogP contribution in [0.15, 0.2) is 24.3 Å². The molecule has 0 aliphatic heterocycles. The first-order valence-corrected chi connectivity index (χ1v) is 6.81. The van der Waals surface area contributed by atoms with Crippen molar-refractivity contribution in [3.05, 3.63) is 29.8 Å². The van der Waals surface area contributed by atoms with E-state index < -0.39 is 0 Å². The lowest BCUT2D eigenvalue weighted by Gasteiger charge is -2.11. The summed E-state index contributed by atoms with van der Waals surface area (Å²) >= 11 is 0. The second-order valence-corrected chi connectivity index (χ2v) is 4.71. The number of hydrogen-bond acceptors (Lipinski definition) is 2. The Morgan fingerprint density at radius 1 is 1.12 bits per heavy atom. The van der Waals surface area contributed by atoms with E-state index in [0.29, 0.717) is 5.92 Å². The second kappa shape index (κ2) is 8.13. The Morgan fingerprint density at radius 3 is 2.41 bits per heavy atom. The fourth-order valence-electron chi connectivity index (χ4n) is 1.84. The Bertz CT molecular complexity index is 292. The molecular formula is C15H26N2. The first kappa shape index (κ1) is 14.0. The molecule has 1 unspecified atom stereocenters. The number of benzene rings is 1. The third-order valence-corrected chi connectivity index (χ3v) is 3.30. The number of hydrogen-bond donors (Lipinski definition) is 2. The zero-order valence-electron chi connectivity index (χ0n) is 11.2. The van der Waals surface area contributed by atoms with Gasteiger partial charge in [0.1, 0.15) is 0 Å². The van der Waals surface area contributed by atoms with Crippen molar-refractivity contribution in [3.63, 3.8) is 0 Å². The van der Waals surface area contributed by atoms with E-state index in [9.17, 15) is 0 Å². The molecule has 0 saturated heterocycles. The number of nitrogens with one attached hydrogen (secondary N) is 1. The Labute approximate surface area is 106 Å². The molecule has 0 fully saturated rings. The summed E-state index contributed by atoms with van der Waals surface area (Å²) in [6.07, 6.45) is 4.75. The minimum absolute atomic E-state index is 0.661. The topological polar surface area (TPSA) is 38.0 Å². The van der Waals surface area contributed by atoms with Gasteiger partial charge in [-0.15, -0.1) is 0 Å². The smallest absolute Gasteiger partial charge is 0.0340 e. The zero-order valence-corrected chi connectivity index (χ0v) is 11.2. The molecule has 0 aliphatic rings. The van der Waals surface area contributed by atoms with Crippen molar-refractivity contribution in [2.45, 2.75) is 45.4 Å². The molecule has 0 bridgehead atoms. The summed E-state index contributed by atoms with van der Waals surface area (Å²) in [4.78, 5) is 0. The molecule has 0 spiro atoms. The molecule has 1 atom stereocenters. The van der Waals surface area contributed by atoms with Gasteiger partial charge in [0.05, 0.1) is 0 Å². The lowest BCUT2D eigenvalue weighted by Crippen LogP contribution is -2.04. The highest BCUT2D eigenvalue weighted by molar-refractivity contribution is 5.45. The summed E-state index contributed by atoms with van der Waals surface area (Å²) in [5.74, 6) is 0.661.